The lowest BCUT2D eigenvalue weighted by Gasteiger charge is -2.26. The van der Waals surface area contributed by atoms with E-state index in [2.05, 4.69) is 5.32 Å². The molecule has 2 aromatic rings. The van der Waals surface area contributed by atoms with Gasteiger partial charge in [0.25, 0.3) is 5.91 Å². The van der Waals surface area contributed by atoms with Gasteiger partial charge in [-0.25, -0.2) is 0 Å². The van der Waals surface area contributed by atoms with Gasteiger partial charge in [-0.3, -0.25) is 4.79 Å². The average Bonchev–Trinajstić information content (AvgIpc) is 3.00. The summed E-state index contributed by atoms with van der Waals surface area (Å²) < 4.78 is 11.6. The summed E-state index contributed by atoms with van der Waals surface area (Å²) in [5.41, 5.74) is 2.21. The zero-order chi connectivity index (χ0) is 17.2. The Morgan fingerprint density at radius 1 is 1.20 bits per heavy atom. The molecule has 1 heterocycles. The Morgan fingerprint density at radius 2 is 2.00 bits per heavy atom. The lowest BCUT2D eigenvalue weighted by atomic mass is 9.93. The van der Waals surface area contributed by atoms with Crippen molar-refractivity contribution in [2.75, 3.05) is 6.61 Å². The first-order valence-electron chi connectivity index (χ1n) is 9.33. The highest BCUT2D eigenvalue weighted by atomic mass is 16.5. The number of amides is 1. The maximum atomic E-state index is 12.1. The molecule has 0 unspecified atom stereocenters. The van der Waals surface area contributed by atoms with Crippen molar-refractivity contribution in [2.45, 2.75) is 63.5 Å². The predicted molar refractivity (Wildman–Crippen MR) is 94.8 cm³/mol. The number of rotatable bonds is 4. The highest BCUT2D eigenvalue weighted by Gasteiger charge is 2.21. The van der Waals surface area contributed by atoms with Gasteiger partial charge in [-0.05, 0) is 63.1 Å². The van der Waals surface area contributed by atoms with E-state index in [1.165, 1.54) is 18.4 Å². The Bertz CT molecular complexity index is 758. The Balaban J connectivity index is 1.37. The molecule has 1 amide bonds. The summed E-state index contributed by atoms with van der Waals surface area (Å²) >= 11 is 0. The number of benzene rings is 1. The van der Waals surface area contributed by atoms with Crippen LogP contribution in [0.5, 0.6) is 5.75 Å². The molecular weight excluding hydrogens is 318 g/mol. The van der Waals surface area contributed by atoms with Crippen molar-refractivity contribution >= 4 is 16.9 Å². The zero-order valence-electron chi connectivity index (χ0n) is 14.4. The van der Waals surface area contributed by atoms with E-state index >= 15 is 0 Å². The van der Waals surface area contributed by atoms with Crippen LogP contribution in [0.25, 0.3) is 11.0 Å². The van der Waals surface area contributed by atoms with Crippen molar-refractivity contribution in [3.8, 4) is 5.75 Å². The Hall–Kier alpha value is -2.01. The number of carbonyl (C=O) groups excluding carboxylic acids is 1. The summed E-state index contributed by atoms with van der Waals surface area (Å²) in [6.07, 6.45) is 7.43. The molecule has 0 aliphatic heterocycles. The fraction of sp³-hybridized carbons (Fsp3) is 0.550. The number of nitrogens with one attached hydrogen (secondary N) is 1. The Kier molecular flexibility index (Phi) is 4.66. The Morgan fingerprint density at radius 3 is 2.84 bits per heavy atom. The molecule has 0 saturated heterocycles. The first-order valence-corrected chi connectivity index (χ1v) is 9.33. The van der Waals surface area contributed by atoms with Gasteiger partial charge in [0.05, 0.1) is 6.10 Å². The fourth-order valence-electron chi connectivity index (χ4n) is 3.97. The van der Waals surface area contributed by atoms with Gasteiger partial charge in [0.1, 0.15) is 17.1 Å². The summed E-state index contributed by atoms with van der Waals surface area (Å²) in [7, 11) is 0. The van der Waals surface area contributed by atoms with Gasteiger partial charge in [0.2, 0.25) is 0 Å². The third-order valence-electron chi connectivity index (χ3n) is 5.36. The molecule has 1 aromatic heterocycles. The van der Waals surface area contributed by atoms with Crippen LogP contribution in [-0.2, 0) is 17.6 Å². The van der Waals surface area contributed by atoms with Crippen LogP contribution in [-0.4, -0.2) is 29.8 Å². The maximum absolute atomic E-state index is 12.1. The van der Waals surface area contributed by atoms with E-state index in [-0.39, 0.29) is 24.7 Å². The van der Waals surface area contributed by atoms with Gasteiger partial charge in [-0.2, -0.15) is 0 Å². The molecular formula is C20H25NO4. The number of furan rings is 1. The minimum absolute atomic E-state index is 0.0185. The second-order valence-corrected chi connectivity index (χ2v) is 7.23. The van der Waals surface area contributed by atoms with Crippen LogP contribution in [0.15, 0.2) is 22.6 Å². The van der Waals surface area contributed by atoms with E-state index in [0.29, 0.717) is 5.75 Å². The van der Waals surface area contributed by atoms with Gasteiger partial charge >= 0.3 is 0 Å². The maximum Gasteiger partial charge on any atom is 0.258 e. The minimum atomic E-state index is -0.211. The topological polar surface area (TPSA) is 71.7 Å². The smallest absolute Gasteiger partial charge is 0.258 e. The van der Waals surface area contributed by atoms with Crippen molar-refractivity contribution in [1.29, 1.82) is 0 Å². The minimum Gasteiger partial charge on any atom is -0.484 e. The number of aliphatic hydroxyl groups is 1. The van der Waals surface area contributed by atoms with Crippen LogP contribution in [0.2, 0.25) is 0 Å². The lowest BCUT2D eigenvalue weighted by Crippen LogP contribution is -2.40. The zero-order valence-corrected chi connectivity index (χ0v) is 14.4. The van der Waals surface area contributed by atoms with Gasteiger partial charge in [0, 0.05) is 23.4 Å². The van der Waals surface area contributed by atoms with E-state index in [9.17, 15) is 9.90 Å². The number of aryl methyl sites for hydroxylation is 2. The summed E-state index contributed by atoms with van der Waals surface area (Å²) in [4.78, 5) is 12.1. The third-order valence-corrected chi connectivity index (χ3v) is 5.36. The SMILES string of the molecule is O=C(COc1ccc2oc3c(c2c1)CCCC3)NC1CCC(O)CC1. The number of hydrogen-bond acceptors (Lipinski definition) is 4. The number of ether oxygens (including phenoxy) is 1. The van der Waals surface area contributed by atoms with Crippen molar-refractivity contribution < 1.29 is 19.1 Å². The summed E-state index contributed by atoms with van der Waals surface area (Å²) in [6.45, 7) is 0.0185. The molecule has 0 radical (unpaired) electrons. The van der Waals surface area contributed by atoms with E-state index in [4.69, 9.17) is 9.15 Å². The van der Waals surface area contributed by atoms with Crippen LogP contribution in [0.3, 0.4) is 0 Å². The second-order valence-electron chi connectivity index (χ2n) is 7.23. The number of carbonyl (C=O) groups is 1. The number of hydrogen-bond donors (Lipinski definition) is 2. The first-order chi connectivity index (χ1) is 12.2. The van der Waals surface area contributed by atoms with Gasteiger partial charge in [-0.15, -0.1) is 0 Å². The molecule has 1 fully saturated rings. The predicted octanol–water partition coefficient (Wildman–Crippen LogP) is 3.11. The standard InChI is InChI=1S/C20H25NO4/c22-14-7-5-13(6-8-14)21-20(23)12-24-15-9-10-19-17(11-15)16-3-1-2-4-18(16)25-19/h9-11,13-14,22H,1-8,12H2,(H,21,23). The molecule has 5 heteroatoms. The summed E-state index contributed by atoms with van der Waals surface area (Å²) in [6, 6.07) is 5.95. The van der Waals surface area contributed by atoms with E-state index in [0.717, 1.165) is 55.3 Å². The highest BCUT2D eigenvalue weighted by molar-refractivity contribution is 5.84. The molecule has 0 spiro atoms. The molecule has 0 atom stereocenters. The molecule has 0 bridgehead atoms. The largest absolute Gasteiger partial charge is 0.484 e. The van der Waals surface area contributed by atoms with Crippen LogP contribution in [0.1, 0.15) is 49.8 Å². The quantitative estimate of drug-likeness (QED) is 0.895. The lowest BCUT2D eigenvalue weighted by molar-refractivity contribution is -0.124. The molecule has 2 aliphatic rings. The normalized spacial score (nSPS) is 23.2. The van der Waals surface area contributed by atoms with Crippen molar-refractivity contribution in [2.24, 2.45) is 0 Å². The van der Waals surface area contributed by atoms with Crippen LogP contribution < -0.4 is 10.1 Å². The van der Waals surface area contributed by atoms with E-state index in [1.807, 2.05) is 18.2 Å². The fourth-order valence-corrected chi connectivity index (χ4v) is 3.97. The third kappa shape index (κ3) is 3.66. The van der Waals surface area contributed by atoms with E-state index in [1.54, 1.807) is 0 Å². The molecule has 5 nitrogen and oxygen atoms in total. The molecule has 25 heavy (non-hydrogen) atoms. The van der Waals surface area contributed by atoms with Crippen LogP contribution in [0.4, 0.5) is 0 Å². The molecule has 2 aliphatic carbocycles. The van der Waals surface area contributed by atoms with Gasteiger partial charge in [-0.1, -0.05) is 0 Å². The summed E-state index contributed by atoms with van der Waals surface area (Å²) in [5.74, 6) is 1.71. The Labute approximate surface area is 147 Å². The van der Waals surface area contributed by atoms with E-state index < -0.39 is 0 Å². The molecule has 134 valence electrons. The molecule has 4 rings (SSSR count). The first kappa shape index (κ1) is 16.5. The number of fused-ring (bicyclic) bond motifs is 3. The highest BCUT2D eigenvalue weighted by Crippen LogP contribution is 2.33. The second kappa shape index (κ2) is 7.08. The average molecular weight is 343 g/mol. The van der Waals surface area contributed by atoms with Gasteiger partial charge < -0.3 is 19.6 Å². The van der Waals surface area contributed by atoms with Crippen molar-refractivity contribution in [3.05, 3.63) is 29.5 Å². The molecule has 2 N–H and O–H groups in total. The van der Waals surface area contributed by atoms with Gasteiger partial charge in [0.15, 0.2) is 6.61 Å². The van der Waals surface area contributed by atoms with Crippen molar-refractivity contribution in [3.63, 3.8) is 0 Å². The monoisotopic (exact) mass is 343 g/mol. The molecule has 1 saturated carbocycles. The van der Waals surface area contributed by atoms with Crippen molar-refractivity contribution in [1.82, 2.24) is 5.32 Å². The number of aliphatic hydroxyl groups excluding tert-OH is 1. The van der Waals surface area contributed by atoms with Crippen LogP contribution in [0, 0.1) is 0 Å². The summed E-state index contributed by atoms with van der Waals surface area (Å²) in [5, 5.41) is 13.6. The molecule has 1 aromatic carbocycles. The van der Waals surface area contributed by atoms with Crippen LogP contribution >= 0.6 is 0 Å².